The van der Waals surface area contributed by atoms with Gasteiger partial charge in [-0.1, -0.05) is 23.8 Å². The van der Waals surface area contributed by atoms with Crippen molar-refractivity contribution in [3.05, 3.63) is 58.9 Å². The van der Waals surface area contributed by atoms with Gasteiger partial charge >= 0.3 is 0 Å². The highest BCUT2D eigenvalue weighted by Crippen LogP contribution is 2.21. The minimum atomic E-state index is -0.442. The molecule has 0 radical (unpaired) electrons. The summed E-state index contributed by atoms with van der Waals surface area (Å²) in [7, 11) is 0. The summed E-state index contributed by atoms with van der Waals surface area (Å²) < 4.78 is 13.6. The fourth-order valence-corrected chi connectivity index (χ4v) is 2.11. The first-order valence-corrected chi connectivity index (χ1v) is 6.83. The Labute approximate surface area is 124 Å². The number of aryl methyl sites for hydroxylation is 2. The van der Waals surface area contributed by atoms with Gasteiger partial charge in [-0.2, -0.15) is 0 Å². The Bertz CT molecular complexity index is 668. The van der Waals surface area contributed by atoms with Crippen molar-refractivity contribution in [1.29, 1.82) is 0 Å². The number of benzene rings is 2. The van der Waals surface area contributed by atoms with Gasteiger partial charge in [0.15, 0.2) is 0 Å². The molecular weight excluding hydrogens is 267 g/mol. The maximum Gasteiger partial charge on any atom is 0.221 e. The van der Waals surface area contributed by atoms with Crippen molar-refractivity contribution in [1.82, 2.24) is 0 Å². The van der Waals surface area contributed by atoms with Crippen LogP contribution >= 0.6 is 0 Å². The smallest absolute Gasteiger partial charge is 0.221 e. The number of rotatable bonds is 4. The lowest BCUT2D eigenvalue weighted by molar-refractivity contribution is -0.114. The first-order chi connectivity index (χ1) is 9.95. The summed E-state index contributed by atoms with van der Waals surface area (Å²) in [5.41, 5.74) is 4.56. The van der Waals surface area contributed by atoms with Crippen molar-refractivity contribution < 1.29 is 9.18 Å². The van der Waals surface area contributed by atoms with E-state index in [2.05, 4.69) is 42.7 Å². The molecule has 0 atom stereocenters. The second-order valence-corrected chi connectivity index (χ2v) is 5.16. The lowest BCUT2D eigenvalue weighted by atomic mass is 10.1. The highest BCUT2D eigenvalue weighted by molar-refractivity contribution is 5.89. The molecule has 21 heavy (non-hydrogen) atoms. The van der Waals surface area contributed by atoms with E-state index in [9.17, 15) is 9.18 Å². The van der Waals surface area contributed by atoms with Crippen LogP contribution in [0.4, 0.5) is 15.8 Å². The van der Waals surface area contributed by atoms with E-state index in [0.717, 1.165) is 5.69 Å². The Kier molecular flexibility index (Phi) is 4.58. The zero-order chi connectivity index (χ0) is 15.4. The zero-order valence-corrected chi connectivity index (χ0v) is 12.5. The summed E-state index contributed by atoms with van der Waals surface area (Å²) in [4.78, 5) is 11.0. The summed E-state index contributed by atoms with van der Waals surface area (Å²) in [6, 6.07) is 10.9. The Morgan fingerprint density at radius 2 is 1.90 bits per heavy atom. The third-order valence-corrected chi connectivity index (χ3v) is 3.26. The standard InChI is InChI=1S/C17H19FN2O/c1-11-4-5-12(2)14(8-11)10-19-15-6-7-16(18)17(9-15)20-13(3)21/h4-9,19H,10H2,1-3H3,(H,20,21). The normalized spacial score (nSPS) is 10.3. The van der Waals surface area contributed by atoms with E-state index in [1.54, 1.807) is 12.1 Å². The van der Waals surface area contributed by atoms with E-state index in [4.69, 9.17) is 0 Å². The number of anilines is 2. The molecule has 0 aliphatic heterocycles. The molecule has 0 aliphatic rings. The van der Waals surface area contributed by atoms with Gasteiger partial charge in [-0.15, -0.1) is 0 Å². The van der Waals surface area contributed by atoms with Crippen LogP contribution in [-0.2, 0) is 11.3 Å². The zero-order valence-electron chi connectivity index (χ0n) is 12.5. The molecule has 1 amide bonds. The van der Waals surface area contributed by atoms with Crippen LogP contribution in [-0.4, -0.2) is 5.91 Å². The predicted octanol–water partition coefficient (Wildman–Crippen LogP) is 4.01. The molecule has 4 heteroatoms. The van der Waals surface area contributed by atoms with Gasteiger partial charge in [0.1, 0.15) is 5.82 Å². The number of carbonyl (C=O) groups is 1. The SMILES string of the molecule is CC(=O)Nc1cc(NCc2cc(C)ccc2C)ccc1F. The lowest BCUT2D eigenvalue weighted by Gasteiger charge is -2.12. The molecule has 2 N–H and O–H groups in total. The second-order valence-electron chi connectivity index (χ2n) is 5.16. The fourth-order valence-electron chi connectivity index (χ4n) is 2.11. The van der Waals surface area contributed by atoms with E-state index in [1.807, 2.05) is 0 Å². The molecule has 0 saturated carbocycles. The molecule has 2 aromatic rings. The number of nitrogens with one attached hydrogen (secondary N) is 2. The molecule has 2 aromatic carbocycles. The summed E-state index contributed by atoms with van der Waals surface area (Å²) in [6.45, 7) is 6.12. The van der Waals surface area contributed by atoms with E-state index in [0.29, 0.717) is 6.54 Å². The molecule has 0 unspecified atom stereocenters. The molecule has 0 heterocycles. The first-order valence-electron chi connectivity index (χ1n) is 6.83. The molecule has 0 spiro atoms. The largest absolute Gasteiger partial charge is 0.381 e. The summed E-state index contributed by atoms with van der Waals surface area (Å²) in [5.74, 6) is -0.733. The van der Waals surface area contributed by atoms with Crippen LogP contribution < -0.4 is 10.6 Å². The number of halogens is 1. The van der Waals surface area contributed by atoms with E-state index >= 15 is 0 Å². The second kappa shape index (κ2) is 6.39. The average molecular weight is 286 g/mol. The Morgan fingerprint density at radius 3 is 2.62 bits per heavy atom. The summed E-state index contributed by atoms with van der Waals surface area (Å²) in [5, 5.41) is 5.73. The van der Waals surface area contributed by atoms with Crippen LogP contribution in [0.15, 0.2) is 36.4 Å². The molecule has 0 fully saturated rings. The van der Waals surface area contributed by atoms with Gasteiger partial charge in [0.2, 0.25) is 5.91 Å². The maximum absolute atomic E-state index is 13.6. The molecule has 0 aromatic heterocycles. The van der Waals surface area contributed by atoms with Crippen molar-refractivity contribution in [3.63, 3.8) is 0 Å². The van der Waals surface area contributed by atoms with Crippen LogP contribution in [0.25, 0.3) is 0 Å². The van der Waals surface area contributed by atoms with E-state index < -0.39 is 5.82 Å². The minimum absolute atomic E-state index is 0.188. The Morgan fingerprint density at radius 1 is 1.14 bits per heavy atom. The van der Waals surface area contributed by atoms with E-state index in [-0.39, 0.29) is 11.6 Å². The third-order valence-electron chi connectivity index (χ3n) is 3.26. The number of hydrogen-bond acceptors (Lipinski definition) is 2. The average Bonchev–Trinajstić information content (AvgIpc) is 2.42. The van der Waals surface area contributed by atoms with Crippen LogP contribution in [0.3, 0.4) is 0 Å². The topological polar surface area (TPSA) is 41.1 Å². The monoisotopic (exact) mass is 286 g/mol. The molecule has 110 valence electrons. The molecule has 0 saturated heterocycles. The van der Waals surface area contributed by atoms with Crippen molar-refractivity contribution >= 4 is 17.3 Å². The van der Waals surface area contributed by atoms with Gasteiger partial charge in [-0.05, 0) is 43.2 Å². The van der Waals surface area contributed by atoms with Crippen molar-refractivity contribution in [2.45, 2.75) is 27.3 Å². The van der Waals surface area contributed by atoms with Gasteiger partial charge in [-0.3, -0.25) is 4.79 Å². The molecule has 0 aliphatic carbocycles. The predicted molar refractivity (Wildman–Crippen MR) is 83.9 cm³/mol. The maximum atomic E-state index is 13.6. The lowest BCUT2D eigenvalue weighted by Crippen LogP contribution is -2.08. The van der Waals surface area contributed by atoms with Crippen LogP contribution in [0.5, 0.6) is 0 Å². The molecule has 2 rings (SSSR count). The first kappa shape index (κ1) is 15.0. The summed E-state index contributed by atoms with van der Waals surface area (Å²) in [6.07, 6.45) is 0. The minimum Gasteiger partial charge on any atom is -0.381 e. The number of carbonyl (C=O) groups excluding carboxylic acids is 1. The van der Waals surface area contributed by atoms with Gasteiger partial charge in [0.25, 0.3) is 0 Å². The summed E-state index contributed by atoms with van der Waals surface area (Å²) >= 11 is 0. The van der Waals surface area contributed by atoms with Gasteiger partial charge in [0.05, 0.1) is 5.69 Å². The van der Waals surface area contributed by atoms with Gasteiger partial charge in [0, 0.05) is 19.2 Å². The third kappa shape index (κ3) is 4.05. The fraction of sp³-hybridized carbons (Fsp3) is 0.235. The molecule has 3 nitrogen and oxygen atoms in total. The Balaban J connectivity index is 2.13. The number of hydrogen-bond donors (Lipinski definition) is 2. The van der Waals surface area contributed by atoms with Gasteiger partial charge in [-0.25, -0.2) is 4.39 Å². The highest BCUT2D eigenvalue weighted by atomic mass is 19.1. The van der Waals surface area contributed by atoms with Crippen LogP contribution in [0.2, 0.25) is 0 Å². The molecular formula is C17H19FN2O. The van der Waals surface area contributed by atoms with E-state index in [1.165, 1.54) is 29.7 Å². The van der Waals surface area contributed by atoms with Gasteiger partial charge < -0.3 is 10.6 Å². The quantitative estimate of drug-likeness (QED) is 0.891. The van der Waals surface area contributed by atoms with Crippen molar-refractivity contribution in [2.75, 3.05) is 10.6 Å². The highest BCUT2D eigenvalue weighted by Gasteiger charge is 2.05. The van der Waals surface area contributed by atoms with Crippen molar-refractivity contribution in [3.8, 4) is 0 Å². The van der Waals surface area contributed by atoms with Crippen LogP contribution in [0, 0.1) is 19.7 Å². The molecule has 0 bridgehead atoms. The Hall–Kier alpha value is -2.36. The number of amides is 1. The van der Waals surface area contributed by atoms with Crippen molar-refractivity contribution in [2.24, 2.45) is 0 Å². The van der Waals surface area contributed by atoms with Crippen LogP contribution in [0.1, 0.15) is 23.6 Å².